The summed E-state index contributed by atoms with van der Waals surface area (Å²) in [4.78, 5) is 18.7. The lowest BCUT2D eigenvalue weighted by atomic mass is 10.00. The van der Waals surface area contributed by atoms with Crippen LogP contribution in [0.4, 0.5) is 13.2 Å². The molecule has 0 fully saturated rings. The maximum atomic E-state index is 13.6. The molecule has 0 saturated heterocycles. The van der Waals surface area contributed by atoms with Crippen LogP contribution >= 0.6 is 11.6 Å². The third-order valence-corrected chi connectivity index (χ3v) is 6.37. The SMILES string of the molecule is Cc1cc(OCCCc2c(C(=O)O)[nH]c3c(-c4ncccc4C(F)(F)F)cccc23)cc(C)c1Cl. The van der Waals surface area contributed by atoms with Gasteiger partial charge in [-0.1, -0.05) is 29.8 Å². The van der Waals surface area contributed by atoms with Gasteiger partial charge in [-0.3, -0.25) is 4.98 Å². The van der Waals surface area contributed by atoms with Gasteiger partial charge in [-0.05, 0) is 67.6 Å². The van der Waals surface area contributed by atoms with Gasteiger partial charge in [0.05, 0.1) is 23.4 Å². The van der Waals surface area contributed by atoms with Gasteiger partial charge < -0.3 is 14.8 Å². The van der Waals surface area contributed by atoms with Crippen LogP contribution in [0.1, 0.15) is 39.2 Å². The fourth-order valence-corrected chi connectivity index (χ4v) is 4.30. The number of ether oxygens (including phenoxy) is 1. The highest BCUT2D eigenvalue weighted by Gasteiger charge is 2.35. The fourth-order valence-electron chi connectivity index (χ4n) is 4.19. The minimum Gasteiger partial charge on any atom is -0.494 e. The number of fused-ring (bicyclic) bond motifs is 1. The van der Waals surface area contributed by atoms with Gasteiger partial charge in [0, 0.05) is 22.2 Å². The van der Waals surface area contributed by atoms with Gasteiger partial charge in [0.2, 0.25) is 0 Å². The summed E-state index contributed by atoms with van der Waals surface area (Å²) in [6.45, 7) is 4.09. The number of benzene rings is 2. The number of rotatable bonds is 7. The second-order valence-electron chi connectivity index (χ2n) is 8.23. The van der Waals surface area contributed by atoms with Crippen molar-refractivity contribution in [3.05, 3.63) is 81.6 Å². The van der Waals surface area contributed by atoms with E-state index >= 15 is 0 Å². The predicted molar refractivity (Wildman–Crippen MR) is 128 cm³/mol. The minimum atomic E-state index is -4.60. The number of carboxylic acid groups (broad SMARTS) is 1. The van der Waals surface area contributed by atoms with E-state index in [0.717, 1.165) is 17.2 Å². The van der Waals surface area contributed by atoms with Gasteiger partial charge in [0.1, 0.15) is 11.4 Å². The van der Waals surface area contributed by atoms with E-state index in [1.54, 1.807) is 12.1 Å². The number of hydrogen-bond donors (Lipinski definition) is 2. The van der Waals surface area contributed by atoms with Crippen molar-refractivity contribution in [2.75, 3.05) is 6.61 Å². The molecule has 0 aliphatic carbocycles. The zero-order valence-corrected chi connectivity index (χ0v) is 19.7. The Hall–Kier alpha value is -3.52. The smallest absolute Gasteiger partial charge is 0.418 e. The van der Waals surface area contributed by atoms with E-state index in [9.17, 15) is 23.1 Å². The molecule has 0 bridgehead atoms. The van der Waals surface area contributed by atoms with Crippen molar-refractivity contribution in [3.63, 3.8) is 0 Å². The highest BCUT2D eigenvalue weighted by Crippen LogP contribution is 2.39. The highest BCUT2D eigenvalue weighted by molar-refractivity contribution is 6.32. The first-order valence-corrected chi connectivity index (χ1v) is 11.2. The van der Waals surface area contributed by atoms with Gasteiger partial charge >= 0.3 is 12.1 Å². The molecule has 182 valence electrons. The molecule has 2 heterocycles. The van der Waals surface area contributed by atoms with Gasteiger partial charge in [-0.15, -0.1) is 0 Å². The topological polar surface area (TPSA) is 75.2 Å². The number of pyridine rings is 1. The number of H-pyrrole nitrogens is 1. The average molecular weight is 503 g/mol. The summed E-state index contributed by atoms with van der Waals surface area (Å²) in [6, 6.07) is 10.6. The van der Waals surface area contributed by atoms with Crippen LogP contribution in [-0.4, -0.2) is 27.7 Å². The zero-order valence-electron chi connectivity index (χ0n) is 19.0. The van der Waals surface area contributed by atoms with E-state index in [-0.39, 0.29) is 17.0 Å². The number of halogens is 4. The van der Waals surface area contributed by atoms with Gasteiger partial charge in [0.15, 0.2) is 0 Å². The van der Waals surface area contributed by atoms with E-state index in [2.05, 4.69) is 9.97 Å². The van der Waals surface area contributed by atoms with Gasteiger partial charge in [0.25, 0.3) is 0 Å². The van der Waals surface area contributed by atoms with Crippen molar-refractivity contribution >= 4 is 28.5 Å². The van der Waals surface area contributed by atoms with Crippen LogP contribution in [0.3, 0.4) is 0 Å². The summed E-state index contributed by atoms with van der Waals surface area (Å²) in [6.07, 6.45) is -2.48. The molecule has 9 heteroatoms. The summed E-state index contributed by atoms with van der Waals surface area (Å²) in [5, 5.41) is 11.0. The number of carboxylic acids is 1. The van der Waals surface area contributed by atoms with Crippen LogP contribution in [0.5, 0.6) is 5.75 Å². The molecule has 2 aromatic carbocycles. The third-order valence-electron chi connectivity index (χ3n) is 5.77. The monoisotopic (exact) mass is 502 g/mol. The zero-order chi connectivity index (χ0) is 25.3. The summed E-state index contributed by atoms with van der Waals surface area (Å²) >= 11 is 6.19. The second kappa shape index (κ2) is 9.62. The standard InChI is InChI=1S/C26H22ClF3N2O3/c1-14-12-16(13-15(2)21(14)27)35-11-5-8-18-17-6-3-7-19(22(17)32-24(18)25(33)34)23-20(26(28,29)30)9-4-10-31-23/h3-4,6-7,9-10,12-13,32H,5,8,11H2,1-2H3,(H,33,34). The predicted octanol–water partition coefficient (Wildman–Crippen LogP) is 7.23. The van der Waals surface area contributed by atoms with Gasteiger partial charge in [-0.25, -0.2) is 4.79 Å². The minimum absolute atomic E-state index is 0.0601. The number of aromatic amines is 1. The lowest BCUT2D eigenvalue weighted by Crippen LogP contribution is -2.08. The van der Waals surface area contributed by atoms with Crippen LogP contribution in [0.15, 0.2) is 48.7 Å². The molecule has 2 aromatic heterocycles. The Kier molecular flexibility index (Phi) is 6.76. The Morgan fingerprint density at radius 1 is 1.14 bits per heavy atom. The van der Waals surface area contributed by atoms with Crippen molar-refractivity contribution in [1.82, 2.24) is 9.97 Å². The van der Waals surface area contributed by atoms with Crippen LogP contribution in [0.2, 0.25) is 5.02 Å². The van der Waals surface area contributed by atoms with Crippen LogP contribution in [0.25, 0.3) is 22.2 Å². The normalized spacial score (nSPS) is 11.7. The summed E-state index contributed by atoms with van der Waals surface area (Å²) < 4.78 is 46.6. The molecular formula is C26H22ClF3N2O3. The molecule has 0 unspecified atom stereocenters. The van der Waals surface area contributed by atoms with Crippen molar-refractivity contribution in [1.29, 1.82) is 0 Å². The number of alkyl halides is 3. The average Bonchev–Trinajstić information content (AvgIpc) is 3.18. The molecule has 2 N–H and O–H groups in total. The molecule has 0 spiro atoms. The number of nitrogens with one attached hydrogen (secondary N) is 1. The first kappa shape index (κ1) is 24.6. The lowest BCUT2D eigenvalue weighted by molar-refractivity contribution is -0.137. The van der Waals surface area contributed by atoms with Crippen LogP contribution in [0, 0.1) is 13.8 Å². The molecule has 0 amide bonds. The molecule has 0 aliphatic rings. The lowest BCUT2D eigenvalue weighted by Gasteiger charge is -2.12. The number of aromatic carboxylic acids is 1. The van der Waals surface area contributed by atoms with E-state index < -0.39 is 17.7 Å². The van der Waals surface area contributed by atoms with E-state index in [0.29, 0.717) is 46.7 Å². The molecular weight excluding hydrogens is 481 g/mol. The van der Waals surface area contributed by atoms with E-state index in [1.807, 2.05) is 26.0 Å². The fraction of sp³-hybridized carbons (Fsp3) is 0.231. The summed E-state index contributed by atoms with van der Waals surface area (Å²) in [5.74, 6) is -0.525. The number of hydrogen-bond acceptors (Lipinski definition) is 3. The number of carbonyl (C=O) groups is 1. The molecule has 4 aromatic rings. The Balaban J connectivity index is 1.65. The van der Waals surface area contributed by atoms with Crippen LogP contribution < -0.4 is 4.74 Å². The Labute approximate surface area is 204 Å². The second-order valence-corrected chi connectivity index (χ2v) is 8.61. The van der Waals surface area contributed by atoms with E-state index in [4.69, 9.17) is 16.3 Å². The number of para-hydroxylation sites is 1. The molecule has 0 saturated carbocycles. The largest absolute Gasteiger partial charge is 0.494 e. The van der Waals surface area contributed by atoms with Crippen molar-refractivity contribution in [2.45, 2.75) is 32.9 Å². The molecule has 35 heavy (non-hydrogen) atoms. The molecule has 0 aliphatic heterocycles. The van der Waals surface area contributed by atoms with Crippen molar-refractivity contribution in [3.8, 4) is 17.0 Å². The van der Waals surface area contributed by atoms with Crippen LogP contribution in [-0.2, 0) is 12.6 Å². The Bertz CT molecular complexity index is 1390. The Morgan fingerprint density at radius 3 is 2.51 bits per heavy atom. The molecule has 4 rings (SSSR count). The Morgan fingerprint density at radius 2 is 1.86 bits per heavy atom. The first-order valence-electron chi connectivity index (χ1n) is 10.9. The number of aromatic nitrogens is 2. The summed E-state index contributed by atoms with van der Waals surface area (Å²) in [7, 11) is 0. The summed E-state index contributed by atoms with van der Waals surface area (Å²) in [5.41, 5.74) is 1.58. The van der Waals surface area contributed by atoms with E-state index in [1.165, 1.54) is 18.3 Å². The molecule has 0 radical (unpaired) electrons. The number of nitrogens with zero attached hydrogens (tertiary/aromatic N) is 1. The molecule has 0 atom stereocenters. The maximum absolute atomic E-state index is 13.6. The quantitative estimate of drug-likeness (QED) is 0.261. The van der Waals surface area contributed by atoms with Crippen molar-refractivity contribution < 1.29 is 27.8 Å². The molecule has 5 nitrogen and oxygen atoms in total. The third kappa shape index (κ3) is 4.98. The number of aryl methyl sites for hydroxylation is 3. The highest BCUT2D eigenvalue weighted by atomic mass is 35.5. The first-order chi connectivity index (χ1) is 16.6. The maximum Gasteiger partial charge on any atom is 0.418 e. The van der Waals surface area contributed by atoms with Crippen molar-refractivity contribution in [2.24, 2.45) is 0 Å². The van der Waals surface area contributed by atoms with Gasteiger partial charge in [-0.2, -0.15) is 13.2 Å².